The van der Waals surface area contributed by atoms with Gasteiger partial charge in [-0.05, 0) is 38.7 Å². The van der Waals surface area contributed by atoms with E-state index in [0.717, 1.165) is 5.70 Å². The molecule has 0 spiro atoms. The fraction of sp³-hybridized carbons (Fsp3) is 0.480. The quantitative estimate of drug-likeness (QED) is 0.532. The third kappa shape index (κ3) is 4.16. The van der Waals surface area contributed by atoms with Crippen LogP contribution in [0.5, 0.6) is 5.75 Å². The van der Waals surface area contributed by atoms with E-state index in [-0.39, 0.29) is 17.8 Å². The number of Topliss-reactive ketones (excluding diaryl/α,β-unsaturated/α-hetero) is 1. The molecule has 0 aromatic heterocycles. The minimum absolute atomic E-state index is 0.235. The minimum atomic E-state index is -0.928. The molecule has 2 aliphatic rings. The molecule has 1 heterocycles. The van der Waals surface area contributed by atoms with Crippen molar-refractivity contribution in [2.75, 3.05) is 14.2 Å². The zero-order valence-corrected chi connectivity index (χ0v) is 19.5. The van der Waals surface area contributed by atoms with E-state index >= 15 is 0 Å². The summed E-state index contributed by atoms with van der Waals surface area (Å²) < 4.78 is 16.2. The molecule has 0 saturated carbocycles. The molecule has 0 bridgehead atoms. The first-order valence-corrected chi connectivity index (χ1v) is 10.9. The highest BCUT2D eigenvalue weighted by molar-refractivity contribution is 6.12. The number of dihydropyridines is 1. The third-order valence-electron chi connectivity index (χ3n) is 6.30. The monoisotopic (exact) mass is 441 g/mol. The van der Waals surface area contributed by atoms with Crippen molar-refractivity contribution in [1.29, 1.82) is 0 Å². The van der Waals surface area contributed by atoms with E-state index in [1.807, 2.05) is 39.0 Å². The van der Waals surface area contributed by atoms with Gasteiger partial charge in [0.1, 0.15) is 11.7 Å². The Kier molecular flexibility index (Phi) is 7.06. The maximum Gasteiger partial charge on any atom is 0.337 e. The molecule has 1 aliphatic carbocycles. The minimum Gasteiger partial charge on any atom is -0.496 e. The first kappa shape index (κ1) is 23.6. The third-order valence-corrected chi connectivity index (χ3v) is 6.30. The van der Waals surface area contributed by atoms with Gasteiger partial charge in [0.25, 0.3) is 0 Å². The van der Waals surface area contributed by atoms with Crippen molar-refractivity contribution in [1.82, 2.24) is 5.32 Å². The standard InChI is InChI=1S/C25H31NO6/c1-7-14(3)32-25(29)20-15(4)26-17-12-13(2)19(24(28)31-6)23(27)22(17)21(20)16-10-8-9-11-18(16)30-5/h8-11,13-14,19,21,26H,7,12H2,1-6H3. The summed E-state index contributed by atoms with van der Waals surface area (Å²) in [5, 5.41) is 3.26. The second kappa shape index (κ2) is 9.59. The smallest absolute Gasteiger partial charge is 0.337 e. The molecule has 172 valence electrons. The molecule has 32 heavy (non-hydrogen) atoms. The van der Waals surface area contributed by atoms with E-state index in [9.17, 15) is 14.4 Å². The highest BCUT2D eigenvalue weighted by Gasteiger charge is 2.47. The van der Waals surface area contributed by atoms with Crippen molar-refractivity contribution >= 4 is 17.7 Å². The predicted octanol–water partition coefficient (Wildman–Crippen LogP) is 3.65. The van der Waals surface area contributed by atoms with E-state index in [1.54, 1.807) is 20.1 Å². The zero-order valence-electron chi connectivity index (χ0n) is 19.5. The topological polar surface area (TPSA) is 90.9 Å². The van der Waals surface area contributed by atoms with Gasteiger partial charge in [-0.3, -0.25) is 9.59 Å². The van der Waals surface area contributed by atoms with Crippen LogP contribution in [0.25, 0.3) is 0 Å². The Bertz CT molecular complexity index is 992. The summed E-state index contributed by atoms with van der Waals surface area (Å²) in [5.41, 5.74) is 2.76. The molecule has 3 rings (SSSR count). The Morgan fingerprint density at radius 2 is 1.91 bits per heavy atom. The van der Waals surface area contributed by atoms with Crippen LogP contribution in [0.3, 0.4) is 0 Å². The van der Waals surface area contributed by atoms with Crippen LogP contribution in [0.2, 0.25) is 0 Å². The molecule has 0 fully saturated rings. The number of carbonyl (C=O) groups is 3. The van der Waals surface area contributed by atoms with Gasteiger partial charge in [-0.1, -0.05) is 32.0 Å². The van der Waals surface area contributed by atoms with Crippen molar-refractivity contribution in [3.05, 3.63) is 52.4 Å². The lowest BCUT2D eigenvalue weighted by molar-refractivity contribution is -0.151. The summed E-state index contributed by atoms with van der Waals surface area (Å²) in [5.74, 6) is -2.73. The van der Waals surface area contributed by atoms with Crippen LogP contribution in [0.15, 0.2) is 46.8 Å². The summed E-state index contributed by atoms with van der Waals surface area (Å²) in [6.07, 6.45) is 0.873. The number of esters is 2. The lowest BCUT2D eigenvalue weighted by Gasteiger charge is -2.38. The fourth-order valence-electron chi connectivity index (χ4n) is 4.50. The van der Waals surface area contributed by atoms with Crippen LogP contribution in [0.1, 0.15) is 52.0 Å². The normalized spacial score (nSPS) is 23.8. The molecule has 7 nitrogen and oxygen atoms in total. The SMILES string of the molecule is CCC(C)OC(=O)C1=C(C)NC2=C(C(=O)C(C(=O)OC)C(C)C2)C1c1ccccc1OC. The number of para-hydroxylation sites is 1. The molecule has 0 radical (unpaired) electrons. The molecule has 0 saturated heterocycles. The largest absolute Gasteiger partial charge is 0.496 e. The van der Waals surface area contributed by atoms with Gasteiger partial charge in [-0.15, -0.1) is 0 Å². The number of ether oxygens (including phenoxy) is 3. The van der Waals surface area contributed by atoms with E-state index in [4.69, 9.17) is 14.2 Å². The van der Waals surface area contributed by atoms with Gasteiger partial charge in [0, 0.05) is 22.5 Å². The second-order valence-corrected chi connectivity index (χ2v) is 8.40. The highest BCUT2D eigenvalue weighted by atomic mass is 16.5. The van der Waals surface area contributed by atoms with Gasteiger partial charge >= 0.3 is 11.9 Å². The molecule has 0 amide bonds. The first-order chi connectivity index (χ1) is 15.2. The molecule has 4 atom stereocenters. The average Bonchev–Trinajstić information content (AvgIpc) is 2.77. The summed E-state index contributed by atoms with van der Waals surface area (Å²) in [6, 6.07) is 7.29. The number of ketones is 1. The summed E-state index contributed by atoms with van der Waals surface area (Å²) in [7, 11) is 2.83. The van der Waals surface area contributed by atoms with Gasteiger partial charge in [0.15, 0.2) is 5.78 Å². The van der Waals surface area contributed by atoms with Crippen LogP contribution in [-0.2, 0) is 23.9 Å². The van der Waals surface area contributed by atoms with Gasteiger partial charge in [0.05, 0.1) is 31.8 Å². The van der Waals surface area contributed by atoms with Crippen LogP contribution in [0.4, 0.5) is 0 Å². The maximum absolute atomic E-state index is 13.7. The van der Waals surface area contributed by atoms with Gasteiger partial charge in [0.2, 0.25) is 0 Å². The molecular weight excluding hydrogens is 410 g/mol. The van der Waals surface area contributed by atoms with Crippen LogP contribution in [0, 0.1) is 11.8 Å². The number of rotatable bonds is 6. The molecule has 1 aromatic carbocycles. The number of hydrogen-bond acceptors (Lipinski definition) is 7. The van der Waals surface area contributed by atoms with E-state index in [2.05, 4.69) is 5.32 Å². The molecule has 1 aliphatic heterocycles. The molecule has 1 aromatic rings. The lowest BCUT2D eigenvalue weighted by atomic mass is 9.69. The molecular formula is C25H31NO6. The van der Waals surface area contributed by atoms with E-state index < -0.39 is 23.8 Å². The van der Waals surface area contributed by atoms with Crippen molar-refractivity contribution < 1.29 is 28.6 Å². The van der Waals surface area contributed by atoms with Crippen molar-refractivity contribution in [3.8, 4) is 5.75 Å². The summed E-state index contributed by atoms with van der Waals surface area (Å²) in [6.45, 7) is 7.42. The second-order valence-electron chi connectivity index (χ2n) is 8.40. The number of hydrogen-bond donors (Lipinski definition) is 1. The lowest BCUT2D eigenvalue weighted by Crippen LogP contribution is -2.43. The van der Waals surface area contributed by atoms with E-state index in [0.29, 0.717) is 41.0 Å². The molecule has 1 N–H and O–H groups in total. The highest BCUT2D eigenvalue weighted by Crippen LogP contribution is 2.47. The van der Waals surface area contributed by atoms with Crippen molar-refractivity contribution in [2.24, 2.45) is 11.8 Å². The Morgan fingerprint density at radius 3 is 2.53 bits per heavy atom. The van der Waals surface area contributed by atoms with Crippen molar-refractivity contribution in [2.45, 2.75) is 52.6 Å². The Morgan fingerprint density at radius 1 is 1.22 bits per heavy atom. The predicted molar refractivity (Wildman–Crippen MR) is 119 cm³/mol. The zero-order chi connectivity index (χ0) is 23.6. The average molecular weight is 442 g/mol. The van der Waals surface area contributed by atoms with Gasteiger partial charge in [-0.25, -0.2) is 4.79 Å². The van der Waals surface area contributed by atoms with Crippen LogP contribution < -0.4 is 10.1 Å². The number of carbonyl (C=O) groups excluding carboxylic acids is 3. The number of methoxy groups -OCH3 is 2. The Hall–Kier alpha value is -3.09. The van der Waals surface area contributed by atoms with Crippen molar-refractivity contribution in [3.63, 3.8) is 0 Å². The summed E-state index contributed by atoms with van der Waals surface area (Å²) in [4.78, 5) is 39.5. The maximum atomic E-state index is 13.7. The summed E-state index contributed by atoms with van der Waals surface area (Å²) >= 11 is 0. The molecule has 7 heteroatoms. The van der Waals surface area contributed by atoms with E-state index in [1.165, 1.54) is 7.11 Å². The van der Waals surface area contributed by atoms with Gasteiger partial charge < -0.3 is 19.5 Å². The van der Waals surface area contributed by atoms with Gasteiger partial charge in [-0.2, -0.15) is 0 Å². The number of benzene rings is 1. The van der Waals surface area contributed by atoms with Crippen LogP contribution in [-0.4, -0.2) is 38.0 Å². The molecule has 4 unspecified atom stereocenters. The fourth-order valence-corrected chi connectivity index (χ4v) is 4.50. The Balaban J connectivity index is 2.21. The number of allylic oxidation sites excluding steroid dienone is 3. The van der Waals surface area contributed by atoms with Crippen LogP contribution >= 0.6 is 0 Å². The number of nitrogens with one attached hydrogen (secondary N) is 1. The first-order valence-electron chi connectivity index (χ1n) is 10.9. The Labute approximate surface area is 188 Å².